The first-order valence-corrected chi connectivity index (χ1v) is 7.70. The average Bonchev–Trinajstić information content (AvgIpc) is 3.08. The number of amides is 1. The number of anilines is 1. The standard InChI is InChI=1S/C17H16N2O4/c1-2-22-15(20)13-8-10-9-17(6-5-12(10)23-13)11-4-3-7-18-14(11)19-16(17)21/h3-4,7-8H,2,5-6,9H2,1H3,(H,18,19,21)/t17-/m0/s1. The Morgan fingerprint density at radius 3 is 3.22 bits per heavy atom. The molecule has 1 N–H and O–H groups in total. The van der Waals surface area contributed by atoms with Crippen LogP contribution in [0.25, 0.3) is 0 Å². The van der Waals surface area contributed by atoms with Gasteiger partial charge >= 0.3 is 5.97 Å². The number of hydrogen-bond acceptors (Lipinski definition) is 5. The number of hydrogen-bond donors (Lipinski definition) is 1. The zero-order valence-corrected chi connectivity index (χ0v) is 12.7. The van der Waals surface area contributed by atoms with Crippen LogP contribution < -0.4 is 5.32 Å². The molecule has 0 radical (unpaired) electrons. The Morgan fingerprint density at radius 1 is 1.52 bits per heavy atom. The number of nitrogens with one attached hydrogen (secondary N) is 1. The SMILES string of the molecule is CCOC(=O)c1cc2c(o1)CC[C@@]1(C2)C(=O)Nc2ncccc21. The molecule has 1 amide bonds. The number of pyridine rings is 1. The minimum atomic E-state index is -0.619. The largest absolute Gasteiger partial charge is 0.460 e. The zero-order valence-electron chi connectivity index (χ0n) is 12.7. The van der Waals surface area contributed by atoms with Crippen molar-refractivity contribution in [1.82, 2.24) is 4.98 Å². The van der Waals surface area contributed by atoms with Gasteiger partial charge in [-0.2, -0.15) is 0 Å². The van der Waals surface area contributed by atoms with Gasteiger partial charge in [-0.1, -0.05) is 6.07 Å². The summed E-state index contributed by atoms with van der Waals surface area (Å²) < 4.78 is 10.6. The molecule has 1 aliphatic carbocycles. The second-order valence-electron chi connectivity index (χ2n) is 5.89. The Hall–Kier alpha value is -2.63. The molecule has 3 heterocycles. The third-order valence-corrected chi connectivity index (χ3v) is 4.63. The highest BCUT2D eigenvalue weighted by molar-refractivity contribution is 6.05. The van der Waals surface area contributed by atoms with Gasteiger partial charge < -0.3 is 14.5 Å². The van der Waals surface area contributed by atoms with Crippen molar-refractivity contribution in [2.45, 2.75) is 31.6 Å². The Bertz CT molecular complexity index is 811. The van der Waals surface area contributed by atoms with Crippen molar-refractivity contribution in [1.29, 1.82) is 0 Å². The summed E-state index contributed by atoms with van der Waals surface area (Å²) in [5.41, 5.74) is 1.20. The van der Waals surface area contributed by atoms with Crippen molar-refractivity contribution in [3.63, 3.8) is 0 Å². The van der Waals surface area contributed by atoms with Crippen molar-refractivity contribution < 1.29 is 18.7 Å². The maximum Gasteiger partial charge on any atom is 0.374 e. The Balaban J connectivity index is 1.72. The fourth-order valence-electron chi connectivity index (χ4n) is 3.54. The second-order valence-corrected chi connectivity index (χ2v) is 5.89. The summed E-state index contributed by atoms with van der Waals surface area (Å²) in [7, 11) is 0. The molecular weight excluding hydrogens is 296 g/mol. The van der Waals surface area contributed by atoms with E-state index in [9.17, 15) is 9.59 Å². The van der Waals surface area contributed by atoms with Gasteiger partial charge in [0.05, 0.1) is 12.0 Å². The fourth-order valence-corrected chi connectivity index (χ4v) is 3.54. The van der Waals surface area contributed by atoms with Crippen LogP contribution in [0.2, 0.25) is 0 Å². The predicted molar refractivity (Wildman–Crippen MR) is 81.2 cm³/mol. The summed E-state index contributed by atoms with van der Waals surface area (Å²) in [5.74, 6) is 1.11. The van der Waals surface area contributed by atoms with Crippen LogP contribution in [0.1, 0.15) is 40.8 Å². The molecule has 0 bridgehead atoms. The molecule has 6 heteroatoms. The molecule has 0 fully saturated rings. The van der Waals surface area contributed by atoms with Crippen molar-refractivity contribution in [2.24, 2.45) is 0 Å². The van der Waals surface area contributed by atoms with Gasteiger partial charge in [-0.15, -0.1) is 0 Å². The van der Waals surface area contributed by atoms with Gasteiger partial charge in [-0.05, 0) is 37.5 Å². The lowest BCUT2D eigenvalue weighted by Gasteiger charge is -2.30. The maximum absolute atomic E-state index is 12.6. The predicted octanol–water partition coefficient (Wildman–Crippen LogP) is 2.23. The smallest absolute Gasteiger partial charge is 0.374 e. The quantitative estimate of drug-likeness (QED) is 0.860. The van der Waals surface area contributed by atoms with E-state index in [1.165, 1.54) is 0 Å². The third kappa shape index (κ3) is 1.98. The molecule has 0 aromatic carbocycles. The Morgan fingerprint density at radius 2 is 2.39 bits per heavy atom. The summed E-state index contributed by atoms with van der Waals surface area (Å²) >= 11 is 0. The van der Waals surface area contributed by atoms with E-state index in [0.717, 1.165) is 16.9 Å². The number of esters is 1. The molecule has 2 aromatic rings. The van der Waals surface area contributed by atoms with E-state index in [2.05, 4.69) is 10.3 Å². The highest BCUT2D eigenvalue weighted by Gasteiger charge is 2.50. The van der Waals surface area contributed by atoms with E-state index in [-0.39, 0.29) is 11.7 Å². The van der Waals surface area contributed by atoms with E-state index in [1.54, 1.807) is 19.2 Å². The van der Waals surface area contributed by atoms with Gasteiger partial charge in [0.2, 0.25) is 11.7 Å². The number of aromatic nitrogens is 1. The molecule has 1 aliphatic heterocycles. The number of fused-ring (bicyclic) bond motifs is 3. The van der Waals surface area contributed by atoms with Gasteiger partial charge in [-0.3, -0.25) is 4.79 Å². The molecule has 2 aliphatic rings. The van der Waals surface area contributed by atoms with Crippen LogP contribution in [-0.2, 0) is 27.8 Å². The number of nitrogens with zero attached hydrogens (tertiary/aromatic N) is 1. The third-order valence-electron chi connectivity index (χ3n) is 4.63. The first kappa shape index (κ1) is 14.0. The van der Waals surface area contributed by atoms with Crippen LogP contribution in [-0.4, -0.2) is 23.5 Å². The van der Waals surface area contributed by atoms with Gasteiger partial charge in [0.25, 0.3) is 0 Å². The van der Waals surface area contributed by atoms with Crippen molar-refractivity contribution >= 4 is 17.7 Å². The topological polar surface area (TPSA) is 81.4 Å². The van der Waals surface area contributed by atoms with E-state index in [4.69, 9.17) is 9.15 Å². The van der Waals surface area contributed by atoms with Gasteiger partial charge in [0.1, 0.15) is 11.6 Å². The lowest BCUT2D eigenvalue weighted by Crippen LogP contribution is -2.39. The first-order valence-electron chi connectivity index (χ1n) is 7.70. The first-order chi connectivity index (χ1) is 11.1. The normalized spacial score (nSPS) is 21.7. The van der Waals surface area contributed by atoms with Gasteiger partial charge in [0.15, 0.2) is 0 Å². The highest BCUT2D eigenvalue weighted by Crippen LogP contribution is 2.46. The zero-order chi connectivity index (χ0) is 16.0. The summed E-state index contributed by atoms with van der Waals surface area (Å²) in [4.78, 5) is 28.7. The Kier molecular flexibility index (Phi) is 3.01. The van der Waals surface area contributed by atoms with Gasteiger partial charge in [-0.25, -0.2) is 9.78 Å². The summed E-state index contributed by atoms with van der Waals surface area (Å²) in [6.45, 7) is 2.05. The molecule has 6 nitrogen and oxygen atoms in total. The molecular formula is C17H16N2O4. The van der Waals surface area contributed by atoms with Crippen molar-refractivity contribution in [3.05, 3.63) is 47.0 Å². The van der Waals surface area contributed by atoms with Gasteiger partial charge in [0, 0.05) is 18.2 Å². The molecule has 0 unspecified atom stereocenters. The summed E-state index contributed by atoms with van der Waals surface area (Å²) in [5, 5.41) is 2.87. The molecule has 0 saturated carbocycles. The minimum absolute atomic E-state index is 0.0317. The monoisotopic (exact) mass is 312 g/mol. The number of carbonyl (C=O) groups excluding carboxylic acids is 2. The average molecular weight is 312 g/mol. The molecule has 0 saturated heterocycles. The Labute approximate surface area is 132 Å². The molecule has 118 valence electrons. The second kappa shape index (κ2) is 4.94. The minimum Gasteiger partial charge on any atom is -0.460 e. The highest BCUT2D eigenvalue weighted by atomic mass is 16.5. The van der Waals surface area contributed by atoms with Crippen LogP contribution in [0.5, 0.6) is 0 Å². The fraction of sp³-hybridized carbons (Fsp3) is 0.353. The number of furan rings is 1. The van der Waals surface area contributed by atoms with Crippen molar-refractivity contribution in [2.75, 3.05) is 11.9 Å². The van der Waals surface area contributed by atoms with Crippen LogP contribution >= 0.6 is 0 Å². The summed E-state index contributed by atoms with van der Waals surface area (Å²) in [6.07, 6.45) is 3.43. The molecule has 4 rings (SSSR count). The molecule has 1 spiro atoms. The number of ether oxygens (including phenoxy) is 1. The lowest BCUT2D eigenvalue weighted by molar-refractivity contribution is -0.121. The number of rotatable bonds is 2. The molecule has 23 heavy (non-hydrogen) atoms. The summed E-state index contributed by atoms with van der Waals surface area (Å²) in [6, 6.07) is 5.49. The van der Waals surface area contributed by atoms with Crippen LogP contribution in [0.15, 0.2) is 28.8 Å². The van der Waals surface area contributed by atoms with Crippen molar-refractivity contribution in [3.8, 4) is 0 Å². The lowest BCUT2D eigenvalue weighted by atomic mass is 9.70. The van der Waals surface area contributed by atoms with E-state index in [1.807, 2.05) is 12.1 Å². The maximum atomic E-state index is 12.6. The number of carbonyl (C=O) groups is 2. The molecule has 2 aromatic heterocycles. The number of aryl methyl sites for hydroxylation is 1. The van der Waals surface area contributed by atoms with Crippen LogP contribution in [0.3, 0.4) is 0 Å². The molecule has 1 atom stereocenters. The van der Waals surface area contributed by atoms with E-state index >= 15 is 0 Å². The van der Waals surface area contributed by atoms with E-state index < -0.39 is 11.4 Å². The van der Waals surface area contributed by atoms with E-state index in [0.29, 0.717) is 31.7 Å². The van der Waals surface area contributed by atoms with Crippen LogP contribution in [0.4, 0.5) is 5.82 Å². The van der Waals surface area contributed by atoms with Crippen LogP contribution in [0, 0.1) is 0 Å².